The summed E-state index contributed by atoms with van der Waals surface area (Å²) in [5.41, 5.74) is 2.83. The quantitative estimate of drug-likeness (QED) is 0.386. The number of aromatic amines is 1. The lowest BCUT2D eigenvalue weighted by Gasteiger charge is -2.24. The average molecular weight is 394 g/mol. The molecule has 152 valence electrons. The van der Waals surface area contributed by atoms with Crippen molar-refractivity contribution >= 4 is 22.7 Å². The minimum Gasteiger partial charge on any atom is -0.444 e. The summed E-state index contributed by atoms with van der Waals surface area (Å²) in [5.74, 6) is 0. The third kappa shape index (κ3) is 5.57. The van der Waals surface area contributed by atoms with E-state index in [1.54, 1.807) is 19.4 Å². The number of hydrogen-bond acceptors (Lipinski definition) is 5. The largest absolute Gasteiger partial charge is 0.444 e. The lowest BCUT2D eigenvalue weighted by atomic mass is 10.1. The van der Waals surface area contributed by atoms with Gasteiger partial charge in [0.05, 0.1) is 24.0 Å². The zero-order valence-electron chi connectivity index (χ0n) is 17.2. The van der Waals surface area contributed by atoms with Gasteiger partial charge in [-0.2, -0.15) is 0 Å². The topological polar surface area (TPSA) is 79.8 Å². The van der Waals surface area contributed by atoms with Gasteiger partial charge >= 0.3 is 6.09 Å². The summed E-state index contributed by atoms with van der Waals surface area (Å²) >= 11 is 0. The molecule has 3 rings (SSSR count). The van der Waals surface area contributed by atoms with E-state index in [0.717, 1.165) is 22.2 Å². The van der Waals surface area contributed by atoms with Gasteiger partial charge in [0.15, 0.2) is 0 Å². The monoisotopic (exact) mass is 394 g/mol. The second-order valence-corrected chi connectivity index (χ2v) is 7.69. The second-order valence-electron chi connectivity index (χ2n) is 7.69. The van der Waals surface area contributed by atoms with E-state index in [0.29, 0.717) is 12.3 Å². The summed E-state index contributed by atoms with van der Waals surface area (Å²) < 4.78 is 5.33. The highest BCUT2D eigenvalue weighted by atomic mass is 16.6. The van der Waals surface area contributed by atoms with Crippen LogP contribution < -0.4 is 0 Å². The fraction of sp³-hybridized carbons (Fsp3) is 0.318. The molecule has 1 N–H and O–H groups in total. The predicted molar refractivity (Wildman–Crippen MR) is 113 cm³/mol. The number of rotatable bonds is 6. The number of hydrogen-bond donors (Lipinski definition) is 1. The van der Waals surface area contributed by atoms with Gasteiger partial charge in [0, 0.05) is 24.2 Å². The van der Waals surface area contributed by atoms with E-state index in [1.807, 2.05) is 63.2 Å². The van der Waals surface area contributed by atoms with Gasteiger partial charge in [-0.25, -0.2) is 4.79 Å². The number of nitrogens with zero attached hydrogens (tertiary/aromatic N) is 3. The number of likely N-dealkylation sites (N-methyl/N-ethyl adjacent to an activating group) is 1. The summed E-state index contributed by atoms with van der Waals surface area (Å²) in [6.45, 7) is 6.11. The molecule has 0 atom stereocenters. The molecule has 2 heterocycles. The van der Waals surface area contributed by atoms with E-state index >= 15 is 0 Å². The van der Waals surface area contributed by atoms with Crippen LogP contribution in [0.15, 0.2) is 60.0 Å². The normalized spacial score (nSPS) is 12.1. The number of benzene rings is 1. The molecule has 29 heavy (non-hydrogen) atoms. The molecule has 7 heteroatoms. The molecule has 2 aromatic heterocycles. The van der Waals surface area contributed by atoms with Crippen molar-refractivity contribution < 1.29 is 14.4 Å². The van der Waals surface area contributed by atoms with Crippen LogP contribution in [0.5, 0.6) is 0 Å². The Bertz CT molecular complexity index is 957. The third-order valence-electron chi connectivity index (χ3n) is 4.11. The first-order chi connectivity index (χ1) is 13.8. The van der Waals surface area contributed by atoms with Gasteiger partial charge in [0.25, 0.3) is 0 Å². The molecule has 1 amide bonds. The fourth-order valence-corrected chi connectivity index (χ4v) is 2.67. The minimum atomic E-state index is -0.532. The molecular weight excluding hydrogens is 368 g/mol. The van der Waals surface area contributed by atoms with Crippen molar-refractivity contribution in [2.24, 2.45) is 5.16 Å². The Morgan fingerprint density at radius 3 is 2.66 bits per heavy atom. The average Bonchev–Trinajstić information content (AvgIpc) is 3.10. The molecule has 7 nitrogen and oxygen atoms in total. The maximum Gasteiger partial charge on any atom is 0.410 e. The molecule has 0 fully saturated rings. The molecule has 0 radical (unpaired) electrons. The van der Waals surface area contributed by atoms with E-state index in [-0.39, 0.29) is 6.61 Å². The molecule has 3 aromatic rings. The zero-order valence-corrected chi connectivity index (χ0v) is 17.2. The number of carbonyl (C=O) groups is 1. The van der Waals surface area contributed by atoms with E-state index in [4.69, 9.17) is 9.57 Å². The van der Waals surface area contributed by atoms with Gasteiger partial charge < -0.3 is 19.5 Å². The third-order valence-corrected chi connectivity index (χ3v) is 4.11. The Labute approximate surface area is 170 Å². The van der Waals surface area contributed by atoms with Crippen molar-refractivity contribution in [2.75, 3.05) is 20.2 Å². The van der Waals surface area contributed by atoms with Crippen LogP contribution in [0.2, 0.25) is 0 Å². The number of H-pyrrole nitrogens is 1. The fourth-order valence-electron chi connectivity index (χ4n) is 2.67. The highest BCUT2D eigenvalue weighted by Crippen LogP contribution is 2.17. The lowest BCUT2D eigenvalue weighted by Crippen LogP contribution is -2.35. The van der Waals surface area contributed by atoms with Crippen LogP contribution in [-0.4, -0.2) is 52.5 Å². The summed E-state index contributed by atoms with van der Waals surface area (Å²) in [7, 11) is 1.67. The molecule has 0 aliphatic carbocycles. The van der Waals surface area contributed by atoms with Crippen LogP contribution in [0.4, 0.5) is 4.79 Å². The van der Waals surface area contributed by atoms with Gasteiger partial charge in [0.1, 0.15) is 17.9 Å². The molecule has 0 aliphatic rings. The van der Waals surface area contributed by atoms with Crippen molar-refractivity contribution in [2.45, 2.75) is 26.4 Å². The molecule has 0 saturated heterocycles. The number of pyridine rings is 1. The maximum absolute atomic E-state index is 12.0. The second kappa shape index (κ2) is 8.77. The van der Waals surface area contributed by atoms with E-state index < -0.39 is 11.7 Å². The molecule has 0 spiro atoms. The highest BCUT2D eigenvalue weighted by Gasteiger charge is 2.19. The van der Waals surface area contributed by atoms with Crippen molar-refractivity contribution in [3.8, 4) is 0 Å². The smallest absolute Gasteiger partial charge is 0.410 e. The van der Waals surface area contributed by atoms with Gasteiger partial charge in [0.2, 0.25) is 0 Å². The zero-order chi connectivity index (χ0) is 20.9. The highest BCUT2D eigenvalue weighted by molar-refractivity contribution is 6.13. The SMILES string of the molecule is CN(CCO/N=C(\c1ccccc1)c1cc2ccncc2[nH]1)C(=O)OC(C)(C)C. The lowest BCUT2D eigenvalue weighted by molar-refractivity contribution is 0.0236. The number of amides is 1. The first kappa shape index (κ1) is 20.4. The van der Waals surface area contributed by atoms with Gasteiger partial charge in [-0.15, -0.1) is 0 Å². The number of nitrogens with one attached hydrogen (secondary N) is 1. The van der Waals surface area contributed by atoms with Crippen LogP contribution in [0.1, 0.15) is 32.0 Å². The summed E-state index contributed by atoms with van der Waals surface area (Å²) in [4.78, 5) is 26.5. The Balaban J connectivity index is 1.72. The predicted octanol–water partition coefficient (Wildman–Crippen LogP) is 4.20. The first-order valence-electron chi connectivity index (χ1n) is 9.46. The van der Waals surface area contributed by atoms with E-state index in [2.05, 4.69) is 15.1 Å². The number of aromatic nitrogens is 2. The summed E-state index contributed by atoms with van der Waals surface area (Å²) in [5, 5.41) is 5.40. The Kier molecular flexibility index (Phi) is 6.16. The Morgan fingerprint density at radius 2 is 1.97 bits per heavy atom. The van der Waals surface area contributed by atoms with Crippen molar-refractivity contribution in [1.82, 2.24) is 14.9 Å². The van der Waals surface area contributed by atoms with Crippen molar-refractivity contribution in [3.63, 3.8) is 0 Å². The maximum atomic E-state index is 12.0. The number of oxime groups is 1. The van der Waals surface area contributed by atoms with Gasteiger partial charge in [-0.3, -0.25) is 4.98 Å². The molecule has 0 bridgehead atoms. The summed E-state index contributed by atoms with van der Waals surface area (Å²) in [6, 6.07) is 13.7. The first-order valence-corrected chi connectivity index (χ1v) is 9.46. The van der Waals surface area contributed by atoms with E-state index in [1.165, 1.54) is 4.90 Å². The van der Waals surface area contributed by atoms with Crippen LogP contribution in [-0.2, 0) is 9.57 Å². The number of carbonyl (C=O) groups excluding carboxylic acids is 1. The Hall–Kier alpha value is -3.35. The van der Waals surface area contributed by atoms with Gasteiger partial charge in [-0.1, -0.05) is 35.5 Å². The van der Waals surface area contributed by atoms with E-state index in [9.17, 15) is 4.79 Å². The number of fused-ring (bicyclic) bond motifs is 1. The van der Waals surface area contributed by atoms with Gasteiger partial charge in [-0.05, 0) is 32.9 Å². The molecular formula is C22H26N4O3. The molecule has 1 aromatic carbocycles. The van der Waals surface area contributed by atoms with Crippen LogP contribution in [0.3, 0.4) is 0 Å². The number of ether oxygens (including phenoxy) is 1. The Morgan fingerprint density at radius 1 is 1.21 bits per heavy atom. The molecule has 0 aliphatic heterocycles. The summed E-state index contributed by atoms with van der Waals surface area (Å²) in [6.07, 6.45) is 3.14. The van der Waals surface area contributed by atoms with Crippen LogP contribution >= 0.6 is 0 Å². The molecule has 0 saturated carbocycles. The molecule has 0 unspecified atom stereocenters. The van der Waals surface area contributed by atoms with Crippen LogP contribution in [0.25, 0.3) is 10.9 Å². The van der Waals surface area contributed by atoms with Crippen molar-refractivity contribution in [1.29, 1.82) is 0 Å². The standard InChI is InChI=1S/C22H26N4O3/c1-22(2,3)29-21(27)26(4)12-13-28-25-20(16-8-6-5-7-9-16)18-14-17-10-11-23-15-19(17)24-18/h5-11,14-15,24H,12-13H2,1-4H3/b25-20+. The van der Waals surface area contributed by atoms with Crippen LogP contribution in [0, 0.1) is 0 Å². The van der Waals surface area contributed by atoms with Crippen molar-refractivity contribution in [3.05, 3.63) is 66.1 Å². The minimum absolute atomic E-state index is 0.244.